The van der Waals surface area contributed by atoms with Crippen LogP contribution in [-0.4, -0.2) is 31.4 Å². The van der Waals surface area contributed by atoms with Gasteiger partial charge in [0, 0.05) is 10.0 Å². The Kier molecular flexibility index (Phi) is 8.11. The summed E-state index contributed by atoms with van der Waals surface area (Å²) in [7, 11) is 3.17. The number of rotatable bonds is 8. The van der Waals surface area contributed by atoms with Gasteiger partial charge in [-0.2, -0.15) is 0 Å². The van der Waals surface area contributed by atoms with Crippen LogP contribution in [0.2, 0.25) is 0 Å². The molecule has 36 heavy (non-hydrogen) atoms. The molecule has 4 rings (SSSR count). The van der Waals surface area contributed by atoms with E-state index in [4.69, 9.17) is 19.2 Å². The number of hydrogen-bond acceptors (Lipinski definition) is 7. The number of fused-ring (bicyclic) bond motifs is 1. The first-order valence-electron chi connectivity index (χ1n) is 11.6. The molecule has 0 bridgehead atoms. The molecule has 2 aromatic carbocycles. The molecule has 1 aliphatic rings. The highest BCUT2D eigenvalue weighted by Crippen LogP contribution is 2.34. The number of allylic oxidation sites excluding steroid dienone is 1. The van der Waals surface area contributed by atoms with Gasteiger partial charge in [0.2, 0.25) is 0 Å². The highest BCUT2D eigenvalue weighted by atomic mass is 79.9. The number of carbonyl (C=O) groups excluding carboxylic acids is 1. The van der Waals surface area contributed by atoms with Crippen LogP contribution >= 0.6 is 27.3 Å². The van der Waals surface area contributed by atoms with Crippen LogP contribution in [0.3, 0.4) is 0 Å². The minimum Gasteiger partial charge on any atom is -0.497 e. The summed E-state index contributed by atoms with van der Waals surface area (Å²) in [6.07, 6.45) is 3.17. The number of hydrogen-bond donors (Lipinski definition) is 0. The standard InChI is InChI=1S/C27H27BrN2O5S/c1-5-8-20-23(26(32)35-6-2)24(16-9-7-10-19(14-16)33-3)30-25(31)22(36-27(30)29-20)15-17-13-18(28)11-12-21(17)34-4/h7,9-15,24H,5-6,8H2,1-4H3/b22-15-. The van der Waals surface area contributed by atoms with Crippen LogP contribution in [0.5, 0.6) is 11.5 Å². The number of benzene rings is 2. The van der Waals surface area contributed by atoms with Crippen molar-refractivity contribution in [1.82, 2.24) is 4.57 Å². The lowest BCUT2D eigenvalue weighted by molar-refractivity contribution is -0.139. The van der Waals surface area contributed by atoms with Crippen molar-refractivity contribution in [3.05, 3.63) is 89.0 Å². The summed E-state index contributed by atoms with van der Waals surface area (Å²) in [6, 6.07) is 12.3. The molecule has 0 radical (unpaired) electrons. The predicted molar refractivity (Wildman–Crippen MR) is 143 cm³/mol. The van der Waals surface area contributed by atoms with Gasteiger partial charge in [0.15, 0.2) is 4.80 Å². The maximum atomic E-state index is 13.9. The van der Waals surface area contributed by atoms with Crippen molar-refractivity contribution in [2.45, 2.75) is 32.7 Å². The summed E-state index contributed by atoms with van der Waals surface area (Å²) in [5.74, 6) is 0.804. The molecule has 0 aliphatic carbocycles. The predicted octanol–water partition coefficient (Wildman–Crippen LogP) is 4.36. The summed E-state index contributed by atoms with van der Waals surface area (Å²) in [5.41, 5.74) is 2.27. The largest absolute Gasteiger partial charge is 0.497 e. The lowest BCUT2D eigenvalue weighted by atomic mass is 9.94. The fourth-order valence-electron chi connectivity index (χ4n) is 4.21. The topological polar surface area (TPSA) is 79.1 Å². The third kappa shape index (κ3) is 5.03. The van der Waals surface area contributed by atoms with Crippen molar-refractivity contribution in [3.8, 4) is 11.5 Å². The number of nitrogens with zero attached hydrogens (tertiary/aromatic N) is 2. The van der Waals surface area contributed by atoms with Crippen LogP contribution < -0.4 is 24.4 Å². The van der Waals surface area contributed by atoms with E-state index in [1.54, 1.807) is 31.8 Å². The molecule has 1 aliphatic heterocycles. The van der Waals surface area contributed by atoms with Crippen molar-refractivity contribution < 1.29 is 19.0 Å². The van der Waals surface area contributed by atoms with Gasteiger partial charge in [0.25, 0.3) is 5.56 Å². The third-order valence-corrected chi connectivity index (χ3v) is 7.26. The smallest absolute Gasteiger partial charge is 0.338 e. The second kappa shape index (κ2) is 11.3. The van der Waals surface area contributed by atoms with Crippen molar-refractivity contribution in [1.29, 1.82) is 0 Å². The van der Waals surface area contributed by atoms with E-state index < -0.39 is 12.0 Å². The molecule has 7 nitrogen and oxygen atoms in total. The van der Waals surface area contributed by atoms with Crippen molar-refractivity contribution >= 4 is 39.3 Å². The van der Waals surface area contributed by atoms with Crippen LogP contribution in [0.25, 0.3) is 6.08 Å². The van der Waals surface area contributed by atoms with E-state index in [0.717, 1.165) is 22.0 Å². The van der Waals surface area contributed by atoms with E-state index in [-0.39, 0.29) is 12.2 Å². The fraction of sp³-hybridized carbons (Fsp3) is 0.296. The molecule has 0 saturated carbocycles. The van der Waals surface area contributed by atoms with E-state index in [0.29, 0.717) is 38.5 Å². The van der Waals surface area contributed by atoms with E-state index in [9.17, 15) is 9.59 Å². The second-order valence-electron chi connectivity index (χ2n) is 8.08. The maximum absolute atomic E-state index is 13.9. The van der Waals surface area contributed by atoms with Crippen LogP contribution in [0.1, 0.15) is 43.9 Å². The first-order valence-corrected chi connectivity index (χ1v) is 13.2. The van der Waals surface area contributed by atoms with Gasteiger partial charge in [0.1, 0.15) is 11.5 Å². The van der Waals surface area contributed by atoms with Crippen molar-refractivity contribution in [3.63, 3.8) is 0 Å². The molecule has 188 valence electrons. The lowest BCUT2D eigenvalue weighted by Gasteiger charge is -2.26. The molecule has 2 heterocycles. The molecule has 0 saturated heterocycles. The summed E-state index contributed by atoms with van der Waals surface area (Å²) in [6.45, 7) is 4.01. The Hall–Kier alpha value is -3.17. The minimum absolute atomic E-state index is 0.222. The summed E-state index contributed by atoms with van der Waals surface area (Å²) in [5, 5.41) is 0. The molecule has 0 spiro atoms. The Morgan fingerprint density at radius 3 is 2.67 bits per heavy atom. The quantitative estimate of drug-likeness (QED) is 0.376. The van der Waals surface area contributed by atoms with Gasteiger partial charge in [0.05, 0.1) is 42.7 Å². The zero-order chi connectivity index (χ0) is 25.8. The third-order valence-electron chi connectivity index (χ3n) is 5.78. The Balaban J connectivity index is 2.02. The van der Waals surface area contributed by atoms with Gasteiger partial charge >= 0.3 is 5.97 Å². The first kappa shape index (κ1) is 25.9. The molecule has 9 heteroatoms. The van der Waals surface area contributed by atoms with Gasteiger partial charge in [-0.15, -0.1) is 0 Å². The van der Waals surface area contributed by atoms with Crippen LogP contribution in [-0.2, 0) is 9.53 Å². The van der Waals surface area contributed by atoms with Crippen LogP contribution in [0.15, 0.2) is 68.0 Å². The Bertz CT molecular complexity index is 1510. The SMILES string of the molecule is CCCC1=C(C(=O)OCC)C(c2cccc(OC)c2)n2c(s/c(=C\c3cc(Br)ccc3OC)c2=O)=N1. The van der Waals surface area contributed by atoms with E-state index in [1.807, 2.05) is 49.4 Å². The van der Waals surface area contributed by atoms with E-state index >= 15 is 0 Å². The van der Waals surface area contributed by atoms with Gasteiger partial charge in [-0.3, -0.25) is 9.36 Å². The summed E-state index contributed by atoms with van der Waals surface area (Å²) in [4.78, 5) is 32.4. The number of ether oxygens (including phenoxy) is 3. The number of esters is 1. The lowest BCUT2D eigenvalue weighted by Crippen LogP contribution is -2.40. The molecule has 0 amide bonds. The van der Waals surface area contributed by atoms with Crippen molar-refractivity contribution in [2.24, 2.45) is 4.99 Å². The Labute approximate surface area is 221 Å². The first-order chi connectivity index (χ1) is 17.4. The normalized spacial score (nSPS) is 15.4. The van der Waals surface area contributed by atoms with E-state index in [1.165, 1.54) is 11.3 Å². The summed E-state index contributed by atoms with van der Waals surface area (Å²) < 4.78 is 19.3. The van der Waals surface area contributed by atoms with Gasteiger partial charge < -0.3 is 14.2 Å². The second-order valence-corrected chi connectivity index (χ2v) is 10.0. The molecule has 1 unspecified atom stereocenters. The van der Waals surface area contributed by atoms with Crippen LogP contribution in [0, 0.1) is 0 Å². The maximum Gasteiger partial charge on any atom is 0.338 e. The number of thiazole rings is 1. The molecule has 0 fully saturated rings. The number of aromatic nitrogens is 1. The van der Waals surface area contributed by atoms with Crippen LogP contribution in [0.4, 0.5) is 0 Å². The van der Waals surface area contributed by atoms with E-state index in [2.05, 4.69) is 15.9 Å². The Morgan fingerprint density at radius 1 is 1.17 bits per heavy atom. The number of methoxy groups -OCH3 is 2. The highest BCUT2D eigenvalue weighted by molar-refractivity contribution is 9.10. The molecular formula is C27H27BrN2O5S. The molecule has 0 N–H and O–H groups in total. The zero-order valence-electron chi connectivity index (χ0n) is 20.5. The number of carbonyl (C=O) groups is 1. The average Bonchev–Trinajstić information content (AvgIpc) is 3.18. The monoisotopic (exact) mass is 570 g/mol. The molecular weight excluding hydrogens is 544 g/mol. The summed E-state index contributed by atoms with van der Waals surface area (Å²) >= 11 is 4.77. The van der Waals surface area contributed by atoms with Gasteiger partial charge in [-0.1, -0.05) is 52.7 Å². The fourth-order valence-corrected chi connectivity index (χ4v) is 5.60. The molecule has 1 atom stereocenters. The highest BCUT2D eigenvalue weighted by Gasteiger charge is 2.34. The van der Waals surface area contributed by atoms with Gasteiger partial charge in [-0.05, 0) is 55.3 Å². The molecule has 3 aromatic rings. The Morgan fingerprint density at radius 2 is 1.97 bits per heavy atom. The van der Waals surface area contributed by atoms with Gasteiger partial charge in [-0.25, -0.2) is 9.79 Å². The molecule has 1 aromatic heterocycles. The minimum atomic E-state index is -0.691. The zero-order valence-corrected chi connectivity index (χ0v) is 22.9. The number of halogens is 1. The van der Waals surface area contributed by atoms with Crippen molar-refractivity contribution in [2.75, 3.05) is 20.8 Å². The average molecular weight is 571 g/mol.